The third-order valence-corrected chi connectivity index (χ3v) is 5.97. The van der Waals surface area contributed by atoms with Crippen molar-refractivity contribution >= 4 is 11.8 Å². The summed E-state index contributed by atoms with van der Waals surface area (Å²) in [6.45, 7) is 7.68. The molecule has 0 bridgehead atoms. The van der Waals surface area contributed by atoms with Gasteiger partial charge < -0.3 is 20.1 Å². The third-order valence-electron chi connectivity index (χ3n) is 5.97. The summed E-state index contributed by atoms with van der Waals surface area (Å²) in [6, 6.07) is 4.21. The maximum atomic E-state index is 12.4. The Bertz CT molecular complexity index is 792. The zero-order chi connectivity index (χ0) is 19.4. The van der Waals surface area contributed by atoms with Crippen molar-refractivity contribution in [2.45, 2.75) is 76.5 Å². The maximum absolute atomic E-state index is 12.4. The first-order chi connectivity index (χ1) is 12.7. The molecule has 1 heterocycles. The number of carbonyl (C=O) groups excluding carboxylic acids is 2. The van der Waals surface area contributed by atoms with Crippen molar-refractivity contribution in [2.24, 2.45) is 0 Å². The monoisotopic (exact) mass is 372 g/mol. The molecular weight excluding hydrogens is 344 g/mol. The Balaban J connectivity index is 1.35. The van der Waals surface area contributed by atoms with Crippen LogP contribution in [0.3, 0.4) is 0 Å². The smallest absolute Gasteiger partial charge is 0.245 e. The Kier molecular flexibility index (Phi) is 4.13. The number of fused-ring (bicyclic) bond motifs is 2. The largest absolute Gasteiger partial charge is 0.492 e. The number of carbonyl (C=O) groups is 2. The fourth-order valence-electron chi connectivity index (χ4n) is 4.10. The Hall–Kier alpha value is -2.24. The Morgan fingerprint density at radius 3 is 2.59 bits per heavy atom. The molecule has 0 atom stereocenters. The van der Waals surface area contributed by atoms with E-state index in [1.807, 2.05) is 0 Å². The molecule has 1 aromatic rings. The highest BCUT2D eigenvalue weighted by Gasteiger charge is 2.53. The summed E-state index contributed by atoms with van der Waals surface area (Å²) in [5.74, 6) is 1.57. The second-order valence-electron chi connectivity index (χ2n) is 8.84. The van der Waals surface area contributed by atoms with Gasteiger partial charge in [-0.15, -0.1) is 0 Å². The van der Waals surface area contributed by atoms with E-state index in [1.54, 1.807) is 13.8 Å². The molecule has 2 saturated carbocycles. The number of hydrogen-bond donors (Lipinski definition) is 2. The molecule has 27 heavy (non-hydrogen) atoms. The van der Waals surface area contributed by atoms with Gasteiger partial charge in [-0.3, -0.25) is 9.59 Å². The molecule has 1 aromatic carbocycles. The number of ether oxygens (including phenoxy) is 2. The fraction of sp³-hybridized carbons (Fsp3) is 0.619. The molecule has 0 saturated heterocycles. The lowest BCUT2D eigenvalue weighted by Gasteiger charge is -2.38. The normalized spacial score (nSPS) is 24.4. The van der Waals surface area contributed by atoms with Crippen molar-refractivity contribution in [2.75, 3.05) is 6.61 Å². The second kappa shape index (κ2) is 6.14. The summed E-state index contributed by atoms with van der Waals surface area (Å²) in [5.41, 5.74) is 1.68. The van der Waals surface area contributed by atoms with Crippen molar-refractivity contribution < 1.29 is 19.1 Å². The van der Waals surface area contributed by atoms with Gasteiger partial charge in [-0.1, -0.05) is 6.07 Å². The van der Waals surface area contributed by atoms with Crippen LogP contribution in [0, 0.1) is 6.92 Å². The van der Waals surface area contributed by atoms with E-state index in [4.69, 9.17) is 9.47 Å². The zero-order valence-electron chi connectivity index (χ0n) is 16.5. The highest BCUT2D eigenvalue weighted by molar-refractivity contribution is 5.90. The molecule has 0 unspecified atom stereocenters. The van der Waals surface area contributed by atoms with Gasteiger partial charge in [0.25, 0.3) is 0 Å². The summed E-state index contributed by atoms with van der Waals surface area (Å²) in [6.07, 6.45) is 3.99. The number of aryl methyl sites for hydroxylation is 1. The topological polar surface area (TPSA) is 76.7 Å². The average molecular weight is 372 g/mol. The molecule has 3 aliphatic rings. The van der Waals surface area contributed by atoms with Gasteiger partial charge in [0.05, 0.1) is 6.61 Å². The predicted molar refractivity (Wildman–Crippen MR) is 101 cm³/mol. The minimum absolute atomic E-state index is 0.0835. The fourth-order valence-corrected chi connectivity index (χ4v) is 4.10. The van der Waals surface area contributed by atoms with E-state index in [0.29, 0.717) is 0 Å². The van der Waals surface area contributed by atoms with Crippen LogP contribution >= 0.6 is 0 Å². The van der Waals surface area contributed by atoms with Gasteiger partial charge in [0, 0.05) is 36.8 Å². The predicted octanol–water partition coefficient (Wildman–Crippen LogP) is 2.36. The Morgan fingerprint density at radius 2 is 1.96 bits per heavy atom. The van der Waals surface area contributed by atoms with Crippen molar-refractivity contribution in [3.63, 3.8) is 0 Å². The van der Waals surface area contributed by atoms with Gasteiger partial charge in [-0.05, 0) is 45.2 Å². The first kappa shape index (κ1) is 18.1. The van der Waals surface area contributed by atoms with E-state index in [0.717, 1.165) is 30.9 Å². The molecule has 146 valence electrons. The second-order valence-corrected chi connectivity index (χ2v) is 8.84. The summed E-state index contributed by atoms with van der Waals surface area (Å²) >= 11 is 0. The molecule has 0 radical (unpaired) electrons. The van der Waals surface area contributed by atoms with Crippen molar-refractivity contribution in [1.29, 1.82) is 0 Å². The zero-order valence-corrected chi connectivity index (χ0v) is 16.5. The lowest BCUT2D eigenvalue weighted by Crippen LogP contribution is -2.59. The van der Waals surface area contributed by atoms with Crippen LogP contribution in [0.5, 0.6) is 11.5 Å². The van der Waals surface area contributed by atoms with E-state index in [2.05, 4.69) is 29.7 Å². The van der Waals surface area contributed by atoms with Gasteiger partial charge in [-0.25, -0.2) is 0 Å². The standard InChI is InChI=1S/C21H28N2O4/c1-12-5-6-16(17-18(12)26-11-21(17)7-8-21)27-15-9-14(10-15)22-19(25)20(3,4)23-13(2)24/h5-6,14-15H,7-11H2,1-4H3,(H,22,25)(H,23,24)/t14-,15+. The molecule has 2 aliphatic carbocycles. The van der Waals surface area contributed by atoms with Crippen molar-refractivity contribution in [1.82, 2.24) is 10.6 Å². The van der Waals surface area contributed by atoms with Gasteiger partial charge in [0.2, 0.25) is 11.8 Å². The number of amides is 2. The molecule has 2 amide bonds. The summed E-state index contributed by atoms with van der Waals surface area (Å²) in [4.78, 5) is 23.6. The quantitative estimate of drug-likeness (QED) is 0.832. The van der Waals surface area contributed by atoms with Crippen LogP contribution in [0.15, 0.2) is 12.1 Å². The van der Waals surface area contributed by atoms with Crippen LogP contribution in [0.4, 0.5) is 0 Å². The first-order valence-corrected chi connectivity index (χ1v) is 9.73. The molecule has 2 N–H and O–H groups in total. The number of benzene rings is 1. The van der Waals surface area contributed by atoms with E-state index in [-0.39, 0.29) is 29.4 Å². The molecular formula is C21H28N2O4. The Morgan fingerprint density at radius 1 is 1.26 bits per heavy atom. The third kappa shape index (κ3) is 3.26. The number of nitrogens with one attached hydrogen (secondary N) is 2. The van der Waals surface area contributed by atoms with Gasteiger partial charge >= 0.3 is 0 Å². The number of rotatable bonds is 5. The molecule has 4 rings (SSSR count). The van der Waals surface area contributed by atoms with E-state index in [1.165, 1.54) is 30.9 Å². The lowest BCUT2D eigenvalue weighted by atomic mass is 9.87. The highest BCUT2D eigenvalue weighted by Crippen LogP contribution is 2.59. The molecule has 0 aromatic heterocycles. The molecule has 1 spiro atoms. The van der Waals surface area contributed by atoms with Gasteiger partial charge in [-0.2, -0.15) is 0 Å². The van der Waals surface area contributed by atoms with Crippen molar-refractivity contribution in [3.05, 3.63) is 23.3 Å². The summed E-state index contributed by atoms with van der Waals surface area (Å²) < 4.78 is 12.2. The van der Waals surface area contributed by atoms with Crippen LogP contribution in [-0.2, 0) is 15.0 Å². The summed E-state index contributed by atoms with van der Waals surface area (Å²) in [5, 5.41) is 5.69. The highest BCUT2D eigenvalue weighted by atomic mass is 16.5. The van der Waals surface area contributed by atoms with E-state index < -0.39 is 5.54 Å². The maximum Gasteiger partial charge on any atom is 0.245 e. The molecule has 6 heteroatoms. The van der Waals surface area contributed by atoms with Crippen LogP contribution in [0.2, 0.25) is 0 Å². The van der Waals surface area contributed by atoms with Crippen LogP contribution in [0.1, 0.15) is 57.6 Å². The lowest BCUT2D eigenvalue weighted by molar-refractivity contribution is -0.132. The Labute approximate surface area is 160 Å². The minimum Gasteiger partial charge on any atom is -0.492 e. The molecule has 6 nitrogen and oxygen atoms in total. The number of hydrogen-bond acceptors (Lipinski definition) is 4. The van der Waals surface area contributed by atoms with Crippen molar-refractivity contribution in [3.8, 4) is 11.5 Å². The molecule has 1 aliphatic heterocycles. The van der Waals surface area contributed by atoms with Gasteiger partial charge in [0.1, 0.15) is 23.1 Å². The van der Waals surface area contributed by atoms with E-state index in [9.17, 15) is 9.59 Å². The average Bonchev–Trinajstić information content (AvgIpc) is 3.20. The summed E-state index contributed by atoms with van der Waals surface area (Å²) in [7, 11) is 0. The first-order valence-electron chi connectivity index (χ1n) is 9.73. The van der Waals surface area contributed by atoms with Crippen LogP contribution in [-0.4, -0.2) is 36.1 Å². The molecule has 2 fully saturated rings. The SMILES string of the molecule is CC(=O)NC(C)(C)C(=O)N[C@H]1C[C@@H](Oc2ccc(C)c3c2C2(CC2)CO3)C1. The van der Waals surface area contributed by atoms with Gasteiger partial charge in [0.15, 0.2) is 0 Å². The van der Waals surface area contributed by atoms with E-state index >= 15 is 0 Å². The van der Waals surface area contributed by atoms with Crippen LogP contribution in [0.25, 0.3) is 0 Å². The minimum atomic E-state index is -0.911. The van der Waals surface area contributed by atoms with Crippen LogP contribution < -0.4 is 20.1 Å².